The third-order valence-corrected chi connectivity index (χ3v) is 2.87. The van der Waals surface area contributed by atoms with E-state index >= 15 is 0 Å². The van der Waals surface area contributed by atoms with Gasteiger partial charge in [0.25, 0.3) is 0 Å². The van der Waals surface area contributed by atoms with Crippen LogP contribution in [0.15, 0.2) is 18.2 Å². The second kappa shape index (κ2) is 5.30. The Morgan fingerprint density at radius 2 is 2.16 bits per heavy atom. The molecule has 1 aromatic heterocycles. The maximum absolute atomic E-state index is 12.0. The molecule has 0 saturated carbocycles. The maximum Gasteiger partial charge on any atom is 0.374 e. The second-order valence-electron chi connectivity index (χ2n) is 4.47. The van der Waals surface area contributed by atoms with Gasteiger partial charge in [-0.1, -0.05) is 0 Å². The Kier molecular flexibility index (Phi) is 3.74. The molecule has 0 saturated heterocycles. The van der Waals surface area contributed by atoms with Crippen molar-refractivity contribution in [2.24, 2.45) is 0 Å². The molecule has 0 spiro atoms. The lowest BCUT2D eigenvalue weighted by Gasteiger charge is -2.12. The van der Waals surface area contributed by atoms with Crippen molar-refractivity contribution < 1.29 is 14.3 Å². The van der Waals surface area contributed by atoms with Crippen LogP contribution in [0.2, 0.25) is 0 Å². The van der Waals surface area contributed by atoms with Crippen LogP contribution in [0, 0.1) is 0 Å². The Hall–Kier alpha value is -2.04. The molecule has 0 fully saturated rings. The first kappa shape index (κ1) is 13.4. The topological polar surface area (TPSA) is 53.4 Å². The number of carbonyl (C=O) groups is 1. The monoisotopic (exact) mass is 262 g/mol. The van der Waals surface area contributed by atoms with Crippen LogP contribution in [0.25, 0.3) is 11.0 Å². The molecule has 1 aromatic carbocycles. The fourth-order valence-electron chi connectivity index (χ4n) is 2.07. The van der Waals surface area contributed by atoms with Gasteiger partial charge in [-0.25, -0.2) is 9.78 Å². The van der Waals surface area contributed by atoms with Crippen molar-refractivity contribution in [1.82, 2.24) is 9.55 Å². The molecule has 0 unspecified atom stereocenters. The lowest BCUT2D eigenvalue weighted by atomic mass is 10.2. The number of fused-ring (bicyclic) bond motifs is 1. The summed E-state index contributed by atoms with van der Waals surface area (Å²) >= 11 is 0. The van der Waals surface area contributed by atoms with E-state index < -0.39 is 5.97 Å². The minimum absolute atomic E-state index is 0.123. The number of imidazole rings is 1. The normalized spacial score (nSPS) is 11.0. The van der Waals surface area contributed by atoms with Gasteiger partial charge in [0, 0.05) is 12.1 Å². The number of methoxy groups -OCH3 is 1. The highest BCUT2D eigenvalue weighted by Gasteiger charge is 2.20. The van der Waals surface area contributed by atoms with Gasteiger partial charge in [0.15, 0.2) is 0 Å². The zero-order valence-electron chi connectivity index (χ0n) is 11.6. The standard InChI is InChI=1S/C14H18N2O3/c1-5-19-14(17)13-15-11-8-10(18-4)6-7-12(11)16(13)9(2)3/h6-9H,5H2,1-4H3. The van der Waals surface area contributed by atoms with E-state index in [-0.39, 0.29) is 6.04 Å². The summed E-state index contributed by atoms with van der Waals surface area (Å²) < 4.78 is 12.1. The minimum atomic E-state index is -0.397. The van der Waals surface area contributed by atoms with Crippen LogP contribution in [0.3, 0.4) is 0 Å². The number of benzene rings is 1. The summed E-state index contributed by atoms with van der Waals surface area (Å²) in [6.45, 7) is 6.13. The smallest absolute Gasteiger partial charge is 0.374 e. The van der Waals surface area contributed by atoms with Crippen LogP contribution in [0.5, 0.6) is 5.75 Å². The predicted molar refractivity (Wildman–Crippen MR) is 72.6 cm³/mol. The van der Waals surface area contributed by atoms with Gasteiger partial charge >= 0.3 is 5.97 Å². The molecule has 0 atom stereocenters. The number of esters is 1. The number of ether oxygens (including phenoxy) is 2. The van der Waals surface area contributed by atoms with E-state index in [1.807, 2.05) is 36.6 Å². The van der Waals surface area contributed by atoms with Crippen molar-refractivity contribution in [3.05, 3.63) is 24.0 Å². The largest absolute Gasteiger partial charge is 0.497 e. The van der Waals surface area contributed by atoms with Crippen LogP contribution < -0.4 is 4.74 Å². The molecule has 19 heavy (non-hydrogen) atoms. The molecule has 0 bridgehead atoms. The van der Waals surface area contributed by atoms with Crippen LogP contribution in [-0.2, 0) is 4.74 Å². The molecule has 0 aliphatic rings. The number of hydrogen-bond donors (Lipinski definition) is 0. The van der Waals surface area contributed by atoms with Gasteiger partial charge in [0.2, 0.25) is 5.82 Å². The number of hydrogen-bond acceptors (Lipinski definition) is 4. The van der Waals surface area contributed by atoms with E-state index in [0.29, 0.717) is 12.4 Å². The molecule has 2 aromatic rings. The SMILES string of the molecule is CCOC(=O)c1nc2cc(OC)ccc2n1C(C)C. The molecule has 0 radical (unpaired) electrons. The van der Waals surface area contributed by atoms with E-state index in [9.17, 15) is 4.79 Å². The molecule has 2 rings (SSSR count). The fraction of sp³-hybridized carbons (Fsp3) is 0.429. The quantitative estimate of drug-likeness (QED) is 0.795. The third-order valence-electron chi connectivity index (χ3n) is 2.87. The van der Waals surface area contributed by atoms with Gasteiger partial charge in [-0.2, -0.15) is 0 Å². The first-order chi connectivity index (χ1) is 9.08. The summed E-state index contributed by atoms with van der Waals surface area (Å²) in [5.74, 6) is 0.655. The van der Waals surface area contributed by atoms with Crippen molar-refractivity contribution in [3.8, 4) is 5.75 Å². The summed E-state index contributed by atoms with van der Waals surface area (Å²) in [5, 5.41) is 0. The summed E-state index contributed by atoms with van der Waals surface area (Å²) in [6, 6.07) is 5.70. The van der Waals surface area contributed by atoms with Gasteiger partial charge in [0.1, 0.15) is 5.75 Å². The molecular formula is C14H18N2O3. The lowest BCUT2D eigenvalue weighted by molar-refractivity contribution is 0.0505. The summed E-state index contributed by atoms with van der Waals surface area (Å²) in [7, 11) is 1.60. The Morgan fingerprint density at radius 1 is 1.42 bits per heavy atom. The van der Waals surface area contributed by atoms with Crippen molar-refractivity contribution in [2.45, 2.75) is 26.8 Å². The first-order valence-electron chi connectivity index (χ1n) is 6.31. The molecule has 0 N–H and O–H groups in total. The maximum atomic E-state index is 12.0. The second-order valence-corrected chi connectivity index (χ2v) is 4.47. The van der Waals surface area contributed by atoms with Crippen molar-refractivity contribution in [1.29, 1.82) is 0 Å². The van der Waals surface area contributed by atoms with Gasteiger partial charge in [0.05, 0.1) is 24.8 Å². The molecule has 0 amide bonds. The summed E-state index contributed by atoms with van der Waals surface area (Å²) in [4.78, 5) is 16.3. The van der Waals surface area contributed by atoms with Crippen molar-refractivity contribution in [2.75, 3.05) is 13.7 Å². The molecule has 0 aliphatic carbocycles. The number of nitrogens with zero attached hydrogens (tertiary/aromatic N) is 2. The van der Waals surface area contributed by atoms with E-state index in [0.717, 1.165) is 16.8 Å². The molecule has 5 nitrogen and oxygen atoms in total. The Labute approximate surface area is 112 Å². The number of rotatable bonds is 4. The summed E-state index contributed by atoms with van der Waals surface area (Å²) in [6.07, 6.45) is 0. The molecule has 102 valence electrons. The van der Waals surface area contributed by atoms with Gasteiger partial charge in [-0.15, -0.1) is 0 Å². The average molecular weight is 262 g/mol. The zero-order chi connectivity index (χ0) is 14.0. The molecule has 1 heterocycles. The van der Waals surface area contributed by atoms with Gasteiger partial charge < -0.3 is 14.0 Å². The van der Waals surface area contributed by atoms with Crippen LogP contribution in [0.4, 0.5) is 0 Å². The molecule has 5 heteroatoms. The zero-order valence-corrected chi connectivity index (χ0v) is 11.6. The highest BCUT2D eigenvalue weighted by atomic mass is 16.5. The fourth-order valence-corrected chi connectivity index (χ4v) is 2.07. The highest BCUT2D eigenvalue weighted by molar-refractivity contribution is 5.91. The lowest BCUT2D eigenvalue weighted by Crippen LogP contribution is -2.14. The van der Waals surface area contributed by atoms with E-state index in [4.69, 9.17) is 9.47 Å². The Morgan fingerprint density at radius 3 is 2.74 bits per heavy atom. The average Bonchev–Trinajstić information content (AvgIpc) is 2.77. The van der Waals surface area contributed by atoms with Crippen LogP contribution in [-0.4, -0.2) is 29.2 Å². The van der Waals surface area contributed by atoms with E-state index in [1.54, 1.807) is 14.0 Å². The Balaban J connectivity index is 2.62. The van der Waals surface area contributed by atoms with E-state index in [1.165, 1.54) is 0 Å². The van der Waals surface area contributed by atoms with Gasteiger partial charge in [-0.3, -0.25) is 0 Å². The summed E-state index contributed by atoms with van der Waals surface area (Å²) in [5.41, 5.74) is 1.63. The number of aromatic nitrogens is 2. The van der Waals surface area contributed by atoms with Gasteiger partial charge in [-0.05, 0) is 32.9 Å². The highest BCUT2D eigenvalue weighted by Crippen LogP contribution is 2.25. The predicted octanol–water partition coefficient (Wildman–Crippen LogP) is 2.80. The van der Waals surface area contributed by atoms with E-state index in [2.05, 4.69) is 4.98 Å². The first-order valence-corrected chi connectivity index (χ1v) is 6.31. The minimum Gasteiger partial charge on any atom is -0.497 e. The van der Waals surface area contributed by atoms with Crippen molar-refractivity contribution >= 4 is 17.0 Å². The Bertz CT molecular complexity index is 602. The third kappa shape index (κ3) is 2.41. The molecular weight excluding hydrogens is 244 g/mol. The van der Waals surface area contributed by atoms with Crippen LogP contribution >= 0.6 is 0 Å². The molecule has 0 aliphatic heterocycles. The number of carbonyl (C=O) groups excluding carboxylic acids is 1. The van der Waals surface area contributed by atoms with Crippen molar-refractivity contribution in [3.63, 3.8) is 0 Å². The van der Waals surface area contributed by atoms with Crippen LogP contribution in [0.1, 0.15) is 37.4 Å².